The van der Waals surface area contributed by atoms with Gasteiger partial charge in [0.05, 0.1) is 19.3 Å². The largest absolute Gasteiger partial charge is 0.497 e. The molecule has 0 saturated carbocycles. The molecule has 0 unspecified atom stereocenters. The van der Waals surface area contributed by atoms with Crippen LogP contribution in [0.1, 0.15) is 11.9 Å². The smallest absolute Gasteiger partial charge is 0.217 e. The van der Waals surface area contributed by atoms with Crippen LogP contribution in [-0.4, -0.2) is 18.0 Å². The number of ether oxygens (including phenoxy) is 1. The van der Waals surface area contributed by atoms with Gasteiger partial charge in [-0.3, -0.25) is 4.79 Å². The van der Waals surface area contributed by atoms with Crippen molar-refractivity contribution in [2.45, 2.75) is 13.5 Å². The van der Waals surface area contributed by atoms with Gasteiger partial charge in [-0.25, -0.2) is 4.98 Å². The Bertz CT molecular complexity index is 551. The molecule has 1 amide bonds. The first kappa shape index (κ1) is 12.6. The minimum absolute atomic E-state index is 0.0480. The predicted octanol–water partition coefficient (Wildman–Crippen LogP) is 2.45. The second-order valence-electron chi connectivity index (χ2n) is 3.77. The van der Waals surface area contributed by atoms with Gasteiger partial charge in [0.25, 0.3) is 0 Å². The Kier molecular flexibility index (Phi) is 3.94. The van der Waals surface area contributed by atoms with Crippen molar-refractivity contribution in [2.75, 3.05) is 7.11 Å². The highest BCUT2D eigenvalue weighted by atomic mass is 32.1. The molecule has 0 radical (unpaired) electrons. The first-order valence-corrected chi connectivity index (χ1v) is 6.40. The molecule has 0 fully saturated rings. The third-order valence-electron chi connectivity index (χ3n) is 2.41. The van der Waals surface area contributed by atoms with E-state index in [4.69, 9.17) is 4.74 Å². The van der Waals surface area contributed by atoms with E-state index in [1.165, 1.54) is 18.3 Å². The summed E-state index contributed by atoms with van der Waals surface area (Å²) in [5.74, 6) is 0.761. The van der Waals surface area contributed by atoms with Crippen LogP contribution in [0.3, 0.4) is 0 Å². The van der Waals surface area contributed by atoms with Crippen molar-refractivity contribution >= 4 is 17.2 Å². The number of thiazole rings is 1. The molecule has 4 nitrogen and oxygen atoms in total. The number of nitrogens with zero attached hydrogens (tertiary/aromatic N) is 1. The Morgan fingerprint density at radius 1 is 1.50 bits per heavy atom. The standard InChI is InChI=1S/C13H14N2O2S/c1-9(16)14-7-13-15-12(8-18-13)10-4-3-5-11(6-10)17-2/h3-6,8H,7H2,1-2H3,(H,14,16). The lowest BCUT2D eigenvalue weighted by atomic mass is 10.2. The number of methoxy groups -OCH3 is 1. The number of aromatic nitrogens is 1. The summed E-state index contributed by atoms with van der Waals surface area (Å²) in [4.78, 5) is 15.3. The van der Waals surface area contributed by atoms with Gasteiger partial charge in [0.15, 0.2) is 0 Å². The molecule has 0 spiro atoms. The molecule has 1 N–H and O–H groups in total. The molecule has 18 heavy (non-hydrogen) atoms. The van der Waals surface area contributed by atoms with Gasteiger partial charge >= 0.3 is 0 Å². The summed E-state index contributed by atoms with van der Waals surface area (Å²) >= 11 is 1.53. The van der Waals surface area contributed by atoms with Crippen molar-refractivity contribution in [3.63, 3.8) is 0 Å². The minimum Gasteiger partial charge on any atom is -0.497 e. The highest BCUT2D eigenvalue weighted by molar-refractivity contribution is 7.09. The lowest BCUT2D eigenvalue weighted by molar-refractivity contribution is -0.119. The van der Waals surface area contributed by atoms with E-state index in [2.05, 4.69) is 10.3 Å². The Labute approximate surface area is 110 Å². The number of hydrogen-bond donors (Lipinski definition) is 1. The van der Waals surface area contributed by atoms with Crippen molar-refractivity contribution < 1.29 is 9.53 Å². The lowest BCUT2D eigenvalue weighted by Crippen LogP contribution is -2.18. The van der Waals surface area contributed by atoms with Crippen LogP contribution in [-0.2, 0) is 11.3 Å². The predicted molar refractivity (Wildman–Crippen MR) is 71.6 cm³/mol. The van der Waals surface area contributed by atoms with Crippen LogP contribution in [0.15, 0.2) is 29.6 Å². The summed E-state index contributed by atoms with van der Waals surface area (Å²) in [5, 5.41) is 5.60. The summed E-state index contributed by atoms with van der Waals surface area (Å²) in [7, 11) is 1.64. The Morgan fingerprint density at radius 2 is 2.33 bits per heavy atom. The van der Waals surface area contributed by atoms with Gasteiger partial charge in [0, 0.05) is 17.9 Å². The van der Waals surface area contributed by atoms with Crippen molar-refractivity contribution in [3.05, 3.63) is 34.7 Å². The topological polar surface area (TPSA) is 51.2 Å². The number of hydrogen-bond acceptors (Lipinski definition) is 4. The monoisotopic (exact) mass is 262 g/mol. The third kappa shape index (κ3) is 3.07. The number of carbonyl (C=O) groups is 1. The van der Waals surface area contributed by atoms with E-state index >= 15 is 0 Å². The number of rotatable bonds is 4. The van der Waals surface area contributed by atoms with Crippen molar-refractivity contribution in [1.29, 1.82) is 0 Å². The lowest BCUT2D eigenvalue weighted by Gasteiger charge is -2.01. The summed E-state index contributed by atoms with van der Waals surface area (Å²) < 4.78 is 5.18. The summed E-state index contributed by atoms with van der Waals surface area (Å²) in [5.41, 5.74) is 1.92. The molecule has 0 atom stereocenters. The van der Waals surface area contributed by atoms with E-state index in [-0.39, 0.29) is 5.91 Å². The maximum absolute atomic E-state index is 10.8. The number of amides is 1. The van der Waals surface area contributed by atoms with Crippen LogP contribution >= 0.6 is 11.3 Å². The highest BCUT2D eigenvalue weighted by Crippen LogP contribution is 2.25. The molecular weight excluding hydrogens is 248 g/mol. The maximum Gasteiger partial charge on any atom is 0.217 e. The number of benzene rings is 1. The average Bonchev–Trinajstić information content (AvgIpc) is 2.85. The van der Waals surface area contributed by atoms with E-state index < -0.39 is 0 Å². The molecule has 0 bridgehead atoms. The van der Waals surface area contributed by atoms with Crippen LogP contribution < -0.4 is 10.1 Å². The highest BCUT2D eigenvalue weighted by Gasteiger charge is 2.05. The molecule has 0 aliphatic rings. The van der Waals surface area contributed by atoms with Gasteiger partial charge in [-0.05, 0) is 12.1 Å². The Balaban J connectivity index is 2.15. The zero-order chi connectivity index (χ0) is 13.0. The van der Waals surface area contributed by atoms with Crippen molar-refractivity contribution in [3.8, 4) is 17.0 Å². The van der Waals surface area contributed by atoms with Crippen LogP contribution in [0.2, 0.25) is 0 Å². The molecule has 2 aromatic rings. The molecule has 1 aromatic heterocycles. The van der Waals surface area contributed by atoms with Gasteiger partial charge < -0.3 is 10.1 Å². The molecule has 94 valence electrons. The van der Waals surface area contributed by atoms with Crippen molar-refractivity contribution in [1.82, 2.24) is 10.3 Å². The van der Waals surface area contributed by atoms with Gasteiger partial charge in [-0.1, -0.05) is 12.1 Å². The summed E-state index contributed by atoms with van der Waals surface area (Å²) in [6.07, 6.45) is 0. The van der Waals surface area contributed by atoms with Crippen molar-refractivity contribution in [2.24, 2.45) is 0 Å². The fourth-order valence-corrected chi connectivity index (χ4v) is 2.25. The fraction of sp³-hybridized carbons (Fsp3) is 0.231. The molecule has 1 heterocycles. The van der Waals surface area contributed by atoms with E-state index in [1.807, 2.05) is 29.6 Å². The SMILES string of the molecule is COc1cccc(-c2csc(CNC(C)=O)n2)c1. The zero-order valence-corrected chi connectivity index (χ0v) is 11.1. The molecular formula is C13H14N2O2S. The number of nitrogens with one attached hydrogen (secondary N) is 1. The van der Waals surface area contributed by atoms with Gasteiger partial charge in [-0.2, -0.15) is 0 Å². The molecule has 5 heteroatoms. The summed E-state index contributed by atoms with van der Waals surface area (Å²) in [6, 6.07) is 7.76. The quantitative estimate of drug-likeness (QED) is 0.920. The number of carbonyl (C=O) groups excluding carboxylic acids is 1. The maximum atomic E-state index is 10.8. The molecule has 0 aliphatic carbocycles. The van der Waals surface area contributed by atoms with E-state index in [0.29, 0.717) is 6.54 Å². The van der Waals surface area contributed by atoms with E-state index in [1.54, 1.807) is 7.11 Å². The van der Waals surface area contributed by atoms with Crippen LogP contribution in [0, 0.1) is 0 Å². The molecule has 2 rings (SSSR count). The first-order valence-electron chi connectivity index (χ1n) is 5.52. The van der Waals surface area contributed by atoms with Gasteiger partial charge in [0.2, 0.25) is 5.91 Å². The molecule has 1 aromatic carbocycles. The van der Waals surface area contributed by atoms with E-state index in [0.717, 1.165) is 22.0 Å². The first-order chi connectivity index (χ1) is 8.69. The molecule has 0 saturated heterocycles. The van der Waals surface area contributed by atoms with Gasteiger partial charge in [-0.15, -0.1) is 11.3 Å². The normalized spacial score (nSPS) is 10.1. The Hall–Kier alpha value is -1.88. The third-order valence-corrected chi connectivity index (χ3v) is 3.25. The zero-order valence-electron chi connectivity index (χ0n) is 10.3. The van der Waals surface area contributed by atoms with E-state index in [9.17, 15) is 4.79 Å². The Morgan fingerprint density at radius 3 is 3.06 bits per heavy atom. The second-order valence-corrected chi connectivity index (χ2v) is 4.71. The second kappa shape index (κ2) is 5.64. The van der Waals surface area contributed by atoms with Crippen LogP contribution in [0.4, 0.5) is 0 Å². The average molecular weight is 262 g/mol. The summed E-state index contributed by atoms with van der Waals surface area (Å²) in [6.45, 7) is 1.97. The fourth-order valence-electron chi connectivity index (χ4n) is 1.51. The van der Waals surface area contributed by atoms with Crippen LogP contribution in [0.5, 0.6) is 5.75 Å². The van der Waals surface area contributed by atoms with Gasteiger partial charge in [0.1, 0.15) is 10.8 Å². The van der Waals surface area contributed by atoms with Crippen LogP contribution in [0.25, 0.3) is 11.3 Å². The molecule has 0 aliphatic heterocycles. The minimum atomic E-state index is -0.0480.